The molecule has 37 heavy (non-hydrogen) atoms. The summed E-state index contributed by atoms with van der Waals surface area (Å²) in [6.07, 6.45) is 13.4. The number of unbranched alkanes of at least 4 members (excludes halogenated alkanes) is 10. The van der Waals surface area contributed by atoms with Gasteiger partial charge in [0, 0.05) is 17.6 Å². The first-order chi connectivity index (χ1) is 18.0. The van der Waals surface area contributed by atoms with E-state index in [9.17, 15) is 14.4 Å². The number of nitrogens with zero attached hydrogens (tertiary/aromatic N) is 1. The van der Waals surface area contributed by atoms with E-state index in [4.69, 9.17) is 9.47 Å². The van der Waals surface area contributed by atoms with Crippen LogP contribution in [0.15, 0.2) is 22.7 Å². The van der Waals surface area contributed by atoms with E-state index in [0.29, 0.717) is 37.6 Å². The Bertz CT molecular complexity index is 848. The van der Waals surface area contributed by atoms with Crippen LogP contribution >= 0.6 is 15.9 Å². The van der Waals surface area contributed by atoms with Crippen LogP contribution in [0.2, 0.25) is 0 Å². The molecule has 1 aliphatic heterocycles. The van der Waals surface area contributed by atoms with E-state index in [0.717, 1.165) is 49.4 Å². The highest BCUT2D eigenvalue weighted by atomic mass is 79.9. The van der Waals surface area contributed by atoms with Crippen LogP contribution in [0.4, 0.5) is 0 Å². The molecule has 1 unspecified atom stereocenters. The Labute approximate surface area is 231 Å². The molecule has 1 aromatic rings. The summed E-state index contributed by atoms with van der Waals surface area (Å²) in [7, 11) is 0. The average molecular weight is 582 g/mol. The Morgan fingerprint density at radius 2 is 1.57 bits per heavy atom. The molecule has 0 saturated carbocycles. The summed E-state index contributed by atoms with van der Waals surface area (Å²) in [5, 5.41) is 2.78. The smallest absolute Gasteiger partial charge is 0.308 e. The minimum atomic E-state index is -0.899. The molecule has 0 spiro atoms. The first kappa shape index (κ1) is 31.1. The highest BCUT2D eigenvalue weighted by Gasteiger charge is 2.36. The molecule has 1 aromatic carbocycles. The summed E-state index contributed by atoms with van der Waals surface area (Å²) >= 11 is 3.44. The number of rotatable bonds is 18. The maximum Gasteiger partial charge on any atom is 0.308 e. The van der Waals surface area contributed by atoms with Crippen molar-refractivity contribution in [1.82, 2.24) is 10.2 Å². The van der Waals surface area contributed by atoms with Crippen molar-refractivity contribution in [2.75, 3.05) is 26.3 Å². The topological polar surface area (TPSA) is 84.9 Å². The van der Waals surface area contributed by atoms with Gasteiger partial charge in [-0.05, 0) is 31.0 Å². The fraction of sp³-hybridized carbons (Fsp3) is 0.690. The monoisotopic (exact) mass is 580 g/mol. The number of carbonyl (C=O) groups is 3. The highest BCUT2D eigenvalue weighted by molar-refractivity contribution is 9.10. The molecule has 0 aliphatic carbocycles. The number of halogens is 1. The highest BCUT2D eigenvalue weighted by Crippen LogP contribution is 2.27. The fourth-order valence-corrected chi connectivity index (χ4v) is 4.82. The van der Waals surface area contributed by atoms with E-state index in [-0.39, 0.29) is 18.2 Å². The first-order valence-corrected chi connectivity index (χ1v) is 14.9. The minimum Gasteiger partial charge on any atom is -0.493 e. The third kappa shape index (κ3) is 11.5. The van der Waals surface area contributed by atoms with Gasteiger partial charge in [-0.3, -0.25) is 14.4 Å². The zero-order valence-corrected chi connectivity index (χ0v) is 24.3. The van der Waals surface area contributed by atoms with E-state index in [2.05, 4.69) is 35.1 Å². The van der Waals surface area contributed by atoms with E-state index >= 15 is 0 Å². The van der Waals surface area contributed by atoms with Crippen LogP contribution in [-0.4, -0.2) is 55.0 Å². The molecular formula is C29H45BrN2O5. The van der Waals surface area contributed by atoms with Gasteiger partial charge in [0.25, 0.3) is 5.91 Å². The van der Waals surface area contributed by atoms with Crippen molar-refractivity contribution < 1.29 is 23.9 Å². The van der Waals surface area contributed by atoms with Crippen LogP contribution in [0.5, 0.6) is 5.75 Å². The van der Waals surface area contributed by atoms with E-state index in [1.807, 2.05) is 6.07 Å². The maximum absolute atomic E-state index is 13.6. The number of nitrogens with one attached hydrogen (secondary N) is 1. The van der Waals surface area contributed by atoms with Gasteiger partial charge < -0.3 is 19.7 Å². The Hall–Kier alpha value is -2.09. The van der Waals surface area contributed by atoms with Crippen LogP contribution in [0.3, 0.4) is 0 Å². The molecule has 8 heteroatoms. The first-order valence-electron chi connectivity index (χ1n) is 14.1. The fourth-order valence-electron chi connectivity index (χ4n) is 4.46. The van der Waals surface area contributed by atoms with Gasteiger partial charge in [0.1, 0.15) is 11.8 Å². The number of amides is 2. The maximum atomic E-state index is 13.6. The average Bonchev–Trinajstić information content (AvgIpc) is 2.89. The van der Waals surface area contributed by atoms with Gasteiger partial charge in [-0.1, -0.05) is 94.0 Å². The van der Waals surface area contributed by atoms with Crippen molar-refractivity contribution in [2.24, 2.45) is 0 Å². The van der Waals surface area contributed by atoms with Crippen LogP contribution < -0.4 is 10.1 Å². The third-order valence-electron chi connectivity index (χ3n) is 6.64. The second-order valence-corrected chi connectivity index (χ2v) is 10.7. The quantitative estimate of drug-likeness (QED) is 0.160. The van der Waals surface area contributed by atoms with Crippen LogP contribution in [0.1, 0.15) is 108 Å². The molecule has 0 radical (unpaired) electrons. The van der Waals surface area contributed by atoms with Gasteiger partial charge in [-0.25, -0.2) is 0 Å². The van der Waals surface area contributed by atoms with Gasteiger partial charge >= 0.3 is 5.97 Å². The lowest BCUT2D eigenvalue weighted by Crippen LogP contribution is -2.57. The lowest BCUT2D eigenvalue weighted by atomic mass is 10.1. The van der Waals surface area contributed by atoms with Gasteiger partial charge in [0.2, 0.25) is 5.91 Å². The summed E-state index contributed by atoms with van der Waals surface area (Å²) in [5.74, 6) is -0.614. The molecule has 2 rings (SSSR count). The van der Waals surface area contributed by atoms with E-state index in [1.54, 1.807) is 12.1 Å². The molecule has 208 valence electrons. The SMILES string of the molecule is CCCCCCCCCCOC(=O)CC1C(=O)NCCN1C(=O)c1cc(Br)ccc1OCCCCCC. The Balaban J connectivity index is 1.91. The lowest BCUT2D eigenvalue weighted by molar-refractivity contribution is -0.147. The molecule has 1 saturated heterocycles. The predicted octanol–water partition coefficient (Wildman–Crippen LogP) is 6.42. The second-order valence-electron chi connectivity index (χ2n) is 9.75. The molecule has 1 heterocycles. The van der Waals surface area contributed by atoms with E-state index in [1.165, 1.54) is 37.0 Å². The number of benzene rings is 1. The third-order valence-corrected chi connectivity index (χ3v) is 7.13. The molecule has 2 amide bonds. The Morgan fingerprint density at radius 3 is 2.27 bits per heavy atom. The van der Waals surface area contributed by atoms with Crippen molar-refractivity contribution in [3.8, 4) is 5.75 Å². The van der Waals surface area contributed by atoms with Crippen molar-refractivity contribution in [3.63, 3.8) is 0 Å². The zero-order valence-electron chi connectivity index (χ0n) is 22.7. The van der Waals surface area contributed by atoms with Crippen molar-refractivity contribution in [3.05, 3.63) is 28.2 Å². The molecular weight excluding hydrogens is 536 g/mol. The molecule has 1 aliphatic rings. The number of esters is 1. The summed E-state index contributed by atoms with van der Waals surface area (Å²) in [4.78, 5) is 40.3. The number of hydrogen-bond donors (Lipinski definition) is 1. The van der Waals surface area contributed by atoms with Crippen molar-refractivity contribution in [1.29, 1.82) is 0 Å². The van der Waals surface area contributed by atoms with Crippen LogP contribution in [0.25, 0.3) is 0 Å². The lowest BCUT2D eigenvalue weighted by Gasteiger charge is -2.35. The van der Waals surface area contributed by atoms with Gasteiger partial charge in [-0.15, -0.1) is 0 Å². The largest absolute Gasteiger partial charge is 0.493 e. The normalized spacial score (nSPS) is 15.4. The summed E-state index contributed by atoms with van der Waals surface area (Å²) in [5.41, 5.74) is 0.386. The Kier molecular flexibility index (Phi) is 15.3. The second kappa shape index (κ2) is 18.2. The van der Waals surface area contributed by atoms with Gasteiger partial charge in [-0.2, -0.15) is 0 Å². The molecule has 1 N–H and O–H groups in total. The Morgan fingerprint density at radius 1 is 0.946 bits per heavy atom. The van der Waals surface area contributed by atoms with Gasteiger partial charge in [0.05, 0.1) is 25.2 Å². The van der Waals surface area contributed by atoms with E-state index < -0.39 is 12.0 Å². The number of ether oxygens (including phenoxy) is 2. The predicted molar refractivity (Wildman–Crippen MR) is 150 cm³/mol. The summed E-state index contributed by atoms with van der Waals surface area (Å²) < 4.78 is 12.1. The summed E-state index contributed by atoms with van der Waals surface area (Å²) in [6, 6.07) is 4.42. The standard InChI is InChI=1S/C29H45BrN2O5/c1-3-5-7-9-10-11-12-14-20-37-27(33)22-25-28(34)31-17-18-32(25)29(35)24-21-23(30)15-16-26(24)36-19-13-8-6-4-2/h15-16,21,25H,3-14,17-20,22H2,1-2H3,(H,31,34). The summed E-state index contributed by atoms with van der Waals surface area (Å²) in [6.45, 7) is 5.90. The molecule has 0 aromatic heterocycles. The molecule has 1 fully saturated rings. The molecule has 0 bridgehead atoms. The minimum absolute atomic E-state index is 0.157. The van der Waals surface area contributed by atoms with Crippen LogP contribution in [-0.2, 0) is 14.3 Å². The number of hydrogen-bond acceptors (Lipinski definition) is 5. The van der Waals surface area contributed by atoms with Crippen molar-refractivity contribution in [2.45, 2.75) is 103 Å². The molecule has 7 nitrogen and oxygen atoms in total. The van der Waals surface area contributed by atoms with Crippen molar-refractivity contribution >= 4 is 33.7 Å². The molecule has 1 atom stereocenters. The number of carbonyl (C=O) groups excluding carboxylic acids is 3. The van der Waals surface area contributed by atoms with Crippen LogP contribution in [0, 0.1) is 0 Å². The van der Waals surface area contributed by atoms with Gasteiger partial charge in [0.15, 0.2) is 0 Å². The number of piperazine rings is 1. The zero-order chi connectivity index (χ0) is 26.9.